The Hall–Kier alpha value is -3.17. The molecule has 0 saturated carbocycles. The third-order valence-corrected chi connectivity index (χ3v) is 5.60. The molecule has 1 fully saturated rings. The Bertz CT molecular complexity index is 1240. The van der Waals surface area contributed by atoms with E-state index in [1.54, 1.807) is 6.07 Å². The highest BCUT2D eigenvalue weighted by Gasteiger charge is 2.37. The summed E-state index contributed by atoms with van der Waals surface area (Å²) in [7, 11) is 0. The van der Waals surface area contributed by atoms with E-state index in [0.717, 1.165) is 0 Å². The number of alkyl halides is 5. The number of benzene rings is 1. The number of phenols is 1. The fourth-order valence-electron chi connectivity index (χ4n) is 4.04. The molecule has 1 aliphatic heterocycles. The van der Waals surface area contributed by atoms with Crippen molar-refractivity contribution in [2.45, 2.75) is 38.3 Å². The van der Waals surface area contributed by atoms with E-state index in [9.17, 15) is 31.9 Å². The number of halogens is 5. The van der Waals surface area contributed by atoms with Crippen LogP contribution >= 0.6 is 0 Å². The summed E-state index contributed by atoms with van der Waals surface area (Å²) in [5.74, 6) is -3.25. The highest BCUT2D eigenvalue weighted by atomic mass is 19.4. The summed E-state index contributed by atoms with van der Waals surface area (Å²) < 4.78 is 68.4. The van der Waals surface area contributed by atoms with Crippen LogP contribution in [0.2, 0.25) is 0 Å². The molecule has 0 amide bonds. The third-order valence-electron chi connectivity index (χ3n) is 5.60. The summed E-state index contributed by atoms with van der Waals surface area (Å²) >= 11 is 0. The Balaban J connectivity index is 1.93. The Labute approximate surface area is 179 Å². The van der Waals surface area contributed by atoms with Crippen LogP contribution in [0.15, 0.2) is 35.1 Å². The molecule has 0 spiro atoms. The lowest BCUT2D eigenvalue weighted by Crippen LogP contribution is -2.28. The van der Waals surface area contributed by atoms with Crippen LogP contribution in [0.5, 0.6) is 5.75 Å². The van der Waals surface area contributed by atoms with Crippen LogP contribution in [0.1, 0.15) is 30.5 Å². The van der Waals surface area contributed by atoms with Crippen molar-refractivity contribution >= 4 is 16.7 Å². The minimum absolute atomic E-state index is 0.0452. The first-order valence-corrected chi connectivity index (χ1v) is 10.0. The van der Waals surface area contributed by atoms with Gasteiger partial charge >= 0.3 is 6.18 Å². The number of fused-ring (bicyclic) bond motifs is 1. The highest BCUT2D eigenvalue weighted by molar-refractivity contribution is 5.88. The molecule has 0 radical (unpaired) electrons. The largest absolute Gasteiger partial charge is 0.507 e. The predicted octanol–water partition coefficient (Wildman–Crippen LogP) is 5.25. The third kappa shape index (κ3) is 4.13. The van der Waals surface area contributed by atoms with Crippen LogP contribution in [0.3, 0.4) is 0 Å². The number of phenolic OH excluding ortho intramolecular Hbond substituents is 1. The van der Waals surface area contributed by atoms with Crippen molar-refractivity contribution in [1.29, 1.82) is 0 Å². The Morgan fingerprint density at radius 2 is 1.91 bits per heavy atom. The first kappa shape index (κ1) is 22.0. The summed E-state index contributed by atoms with van der Waals surface area (Å²) in [6.07, 6.45) is -5.50. The first-order valence-electron chi connectivity index (χ1n) is 10.0. The predicted molar refractivity (Wildman–Crippen MR) is 110 cm³/mol. The van der Waals surface area contributed by atoms with Crippen molar-refractivity contribution in [2.24, 2.45) is 0 Å². The van der Waals surface area contributed by atoms with Crippen molar-refractivity contribution in [2.75, 3.05) is 18.0 Å². The quantitative estimate of drug-likeness (QED) is 0.520. The van der Waals surface area contributed by atoms with Crippen molar-refractivity contribution in [1.82, 2.24) is 9.97 Å². The van der Waals surface area contributed by atoms with E-state index in [-0.39, 0.29) is 59.7 Å². The molecular formula is C22H20F5N3O2. The fourth-order valence-corrected chi connectivity index (χ4v) is 4.04. The summed E-state index contributed by atoms with van der Waals surface area (Å²) in [6, 6.07) is 6.85. The van der Waals surface area contributed by atoms with Gasteiger partial charge in [-0.25, -0.2) is 13.8 Å². The number of pyridine rings is 2. The number of aromatic hydroxyl groups is 1. The number of hydrogen-bond donors (Lipinski definition) is 2. The number of anilines is 1. The molecule has 4 rings (SSSR count). The number of aryl methyl sites for hydroxylation is 1. The second-order valence-electron chi connectivity index (χ2n) is 7.97. The second-order valence-corrected chi connectivity index (χ2v) is 7.97. The maximum Gasteiger partial charge on any atom is 0.433 e. The molecule has 1 aliphatic rings. The molecule has 2 aromatic heterocycles. The number of aromatic nitrogens is 2. The first-order chi connectivity index (χ1) is 15.0. The van der Waals surface area contributed by atoms with E-state index in [4.69, 9.17) is 0 Å². The van der Waals surface area contributed by atoms with Crippen molar-refractivity contribution in [3.8, 4) is 17.0 Å². The molecule has 0 atom stereocenters. The van der Waals surface area contributed by atoms with E-state index in [1.807, 2.05) is 0 Å². The van der Waals surface area contributed by atoms with Gasteiger partial charge in [-0.15, -0.1) is 0 Å². The van der Waals surface area contributed by atoms with Gasteiger partial charge in [-0.1, -0.05) is 6.07 Å². The van der Waals surface area contributed by atoms with Crippen LogP contribution in [0.4, 0.5) is 27.8 Å². The summed E-state index contributed by atoms with van der Waals surface area (Å²) in [5.41, 5.74) is -1.12. The lowest BCUT2D eigenvalue weighted by Gasteiger charge is -2.26. The van der Waals surface area contributed by atoms with Crippen molar-refractivity contribution in [3.05, 3.63) is 51.8 Å². The molecule has 2 N–H and O–H groups in total. The van der Waals surface area contributed by atoms with Crippen molar-refractivity contribution in [3.63, 3.8) is 0 Å². The van der Waals surface area contributed by atoms with E-state index >= 15 is 0 Å². The minimum Gasteiger partial charge on any atom is -0.507 e. The lowest BCUT2D eigenvalue weighted by molar-refractivity contribution is -0.141. The van der Waals surface area contributed by atoms with Gasteiger partial charge in [0.15, 0.2) is 5.43 Å². The van der Waals surface area contributed by atoms with E-state index < -0.39 is 29.6 Å². The topological polar surface area (TPSA) is 69.2 Å². The zero-order valence-corrected chi connectivity index (χ0v) is 17.1. The molecule has 1 aromatic carbocycles. The number of H-pyrrole nitrogens is 1. The Kier molecular flexibility index (Phi) is 5.34. The Morgan fingerprint density at radius 1 is 1.16 bits per heavy atom. The van der Waals surface area contributed by atoms with E-state index in [1.165, 1.54) is 36.1 Å². The molecule has 0 unspecified atom stereocenters. The molecule has 170 valence electrons. The number of rotatable bonds is 2. The summed E-state index contributed by atoms with van der Waals surface area (Å²) in [5, 5.41) is 10.0. The fraction of sp³-hybridized carbons (Fsp3) is 0.364. The molecular weight excluding hydrogens is 433 g/mol. The average molecular weight is 453 g/mol. The molecule has 1 saturated heterocycles. The van der Waals surface area contributed by atoms with Crippen LogP contribution in [0, 0.1) is 6.92 Å². The lowest BCUT2D eigenvalue weighted by atomic mass is 10.0. The molecule has 3 heterocycles. The van der Waals surface area contributed by atoms with Crippen LogP contribution in [-0.2, 0) is 6.18 Å². The van der Waals surface area contributed by atoms with Gasteiger partial charge in [0.05, 0.1) is 16.6 Å². The number of aromatic amines is 1. The standard InChI is InChI=1S/C22H20F5N3O2/c1-12-10-13(15-11-17(32)18-14(28-15)4-2-5-16(18)31)20(29-19(12)22(25,26)27)30-8-3-6-21(23,24)7-9-30/h2,4-5,10-11,31H,3,6-9H2,1H3,(H,28,32). The van der Waals surface area contributed by atoms with Gasteiger partial charge < -0.3 is 15.0 Å². The molecule has 0 aliphatic carbocycles. The Morgan fingerprint density at radius 3 is 2.62 bits per heavy atom. The maximum atomic E-state index is 13.9. The monoisotopic (exact) mass is 453 g/mol. The highest BCUT2D eigenvalue weighted by Crippen LogP contribution is 2.39. The minimum atomic E-state index is -4.73. The van der Waals surface area contributed by atoms with Crippen LogP contribution < -0.4 is 10.3 Å². The summed E-state index contributed by atoms with van der Waals surface area (Å²) in [4.78, 5) is 20.9. The molecule has 0 bridgehead atoms. The second kappa shape index (κ2) is 7.75. The SMILES string of the molecule is Cc1cc(-c2cc(=O)c3c(O)cccc3[nH]2)c(N2CCCC(F)(F)CC2)nc1C(F)(F)F. The van der Waals surface area contributed by atoms with Gasteiger partial charge in [0, 0.05) is 37.6 Å². The van der Waals surface area contributed by atoms with Gasteiger partial charge in [-0.3, -0.25) is 4.79 Å². The van der Waals surface area contributed by atoms with Gasteiger partial charge in [-0.2, -0.15) is 13.2 Å². The average Bonchev–Trinajstić information content (AvgIpc) is 2.87. The molecule has 3 aromatic rings. The van der Waals surface area contributed by atoms with Crippen molar-refractivity contribution < 1.29 is 27.1 Å². The van der Waals surface area contributed by atoms with Gasteiger partial charge in [-0.05, 0) is 37.1 Å². The number of nitrogens with zero attached hydrogens (tertiary/aromatic N) is 2. The van der Waals surface area contributed by atoms with Gasteiger partial charge in [0.1, 0.15) is 17.3 Å². The molecule has 10 heteroatoms. The van der Waals surface area contributed by atoms with Crippen LogP contribution in [-0.4, -0.2) is 34.1 Å². The van der Waals surface area contributed by atoms with E-state index in [0.29, 0.717) is 5.52 Å². The van der Waals surface area contributed by atoms with Gasteiger partial charge in [0.25, 0.3) is 0 Å². The zero-order chi connectivity index (χ0) is 23.3. The number of nitrogens with one attached hydrogen (secondary N) is 1. The zero-order valence-electron chi connectivity index (χ0n) is 17.1. The summed E-state index contributed by atoms with van der Waals surface area (Å²) in [6.45, 7) is 1.19. The van der Waals surface area contributed by atoms with Crippen LogP contribution in [0.25, 0.3) is 22.2 Å². The molecule has 32 heavy (non-hydrogen) atoms. The van der Waals surface area contributed by atoms with Gasteiger partial charge in [0.2, 0.25) is 5.92 Å². The molecule has 5 nitrogen and oxygen atoms in total. The number of hydrogen-bond acceptors (Lipinski definition) is 4. The van der Waals surface area contributed by atoms with E-state index in [2.05, 4.69) is 9.97 Å². The maximum absolute atomic E-state index is 13.9. The smallest absolute Gasteiger partial charge is 0.433 e. The normalized spacial score (nSPS) is 16.9.